The highest BCUT2D eigenvalue weighted by molar-refractivity contribution is 7.92. The van der Waals surface area contributed by atoms with Crippen LogP contribution in [0.2, 0.25) is 10.0 Å². The summed E-state index contributed by atoms with van der Waals surface area (Å²) in [4.78, 5) is 14.5. The van der Waals surface area contributed by atoms with Crippen molar-refractivity contribution in [3.05, 3.63) is 52.1 Å². The van der Waals surface area contributed by atoms with Crippen LogP contribution in [-0.2, 0) is 10.0 Å². The summed E-state index contributed by atoms with van der Waals surface area (Å²) in [6.07, 6.45) is 1.38. The smallest absolute Gasteiger partial charge is 0.337 e. The standard InChI is InChI=1S/C12H8Cl2N2O4S/c13-9-2-1-5-15-11(9)16-21(19,20)7-3-4-8(12(17)18)10(14)6-7/h1-6H,(H,15,16)(H,17,18). The van der Waals surface area contributed by atoms with E-state index in [1.165, 1.54) is 12.3 Å². The molecule has 0 radical (unpaired) electrons. The summed E-state index contributed by atoms with van der Waals surface area (Å²) >= 11 is 11.6. The summed E-state index contributed by atoms with van der Waals surface area (Å²) < 4.78 is 26.5. The Hall–Kier alpha value is -1.83. The van der Waals surface area contributed by atoms with Gasteiger partial charge in [0.2, 0.25) is 0 Å². The zero-order valence-corrected chi connectivity index (χ0v) is 12.6. The molecule has 0 saturated carbocycles. The molecule has 0 aliphatic carbocycles. The van der Waals surface area contributed by atoms with Gasteiger partial charge < -0.3 is 5.11 Å². The van der Waals surface area contributed by atoms with E-state index in [1.54, 1.807) is 6.07 Å². The Balaban J connectivity index is 2.39. The lowest BCUT2D eigenvalue weighted by Crippen LogP contribution is -2.14. The van der Waals surface area contributed by atoms with Crippen LogP contribution >= 0.6 is 23.2 Å². The molecule has 6 nitrogen and oxygen atoms in total. The number of anilines is 1. The van der Waals surface area contributed by atoms with E-state index >= 15 is 0 Å². The lowest BCUT2D eigenvalue weighted by Gasteiger charge is -2.09. The fourth-order valence-electron chi connectivity index (χ4n) is 1.48. The van der Waals surface area contributed by atoms with Crippen LogP contribution in [0.25, 0.3) is 0 Å². The van der Waals surface area contributed by atoms with Crippen LogP contribution in [0, 0.1) is 0 Å². The van der Waals surface area contributed by atoms with E-state index in [9.17, 15) is 13.2 Å². The summed E-state index contributed by atoms with van der Waals surface area (Å²) in [5.74, 6) is -1.28. The van der Waals surface area contributed by atoms with Crippen molar-refractivity contribution in [1.82, 2.24) is 4.98 Å². The number of carboxylic acid groups (broad SMARTS) is 1. The number of carbonyl (C=O) groups is 1. The summed E-state index contributed by atoms with van der Waals surface area (Å²) in [6, 6.07) is 6.32. The summed E-state index contributed by atoms with van der Waals surface area (Å²) in [6.45, 7) is 0. The Morgan fingerprint density at radius 3 is 2.48 bits per heavy atom. The van der Waals surface area contributed by atoms with Crippen molar-refractivity contribution in [2.45, 2.75) is 4.90 Å². The van der Waals surface area contributed by atoms with Gasteiger partial charge in [0.15, 0.2) is 5.82 Å². The van der Waals surface area contributed by atoms with Gasteiger partial charge in [-0.3, -0.25) is 4.72 Å². The van der Waals surface area contributed by atoms with Gasteiger partial charge in [-0.15, -0.1) is 0 Å². The number of nitrogens with one attached hydrogen (secondary N) is 1. The maximum absolute atomic E-state index is 12.2. The number of rotatable bonds is 4. The van der Waals surface area contributed by atoms with Crippen molar-refractivity contribution in [2.75, 3.05) is 4.72 Å². The average molecular weight is 347 g/mol. The van der Waals surface area contributed by atoms with E-state index in [0.29, 0.717) is 0 Å². The molecule has 2 rings (SSSR count). The number of carboxylic acids is 1. The molecule has 110 valence electrons. The highest BCUT2D eigenvalue weighted by Crippen LogP contribution is 2.24. The van der Waals surface area contributed by atoms with Gasteiger partial charge in [0.05, 0.1) is 20.5 Å². The first kappa shape index (κ1) is 15.6. The molecule has 2 N–H and O–H groups in total. The third-order valence-electron chi connectivity index (χ3n) is 2.47. The molecule has 0 amide bonds. The molecule has 0 spiro atoms. The highest BCUT2D eigenvalue weighted by atomic mass is 35.5. The molecule has 9 heteroatoms. The largest absolute Gasteiger partial charge is 0.478 e. The first-order valence-corrected chi connectivity index (χ1v) is 7.71. The van der Waals surface area contributed by atoms with Crippen molar-refractivity contribution in [2.24, 2.45) is 0 Å². The lowest BCUT2D eigenvalue weighted by molar-refractivity contribution is 0.0697. The van der Waals surface area contributed by atoms with Gasteiger partial charge in [-0.2, -0.15) is 0 Å². The van der Waals surface area contributed by atoms with Crippen molar-refractivity contribution in [3.63, 3.8) is 0 Å². The van der Waals surface area contributed by atoms with E-state index in [2.05, 4.69) is 9.71 Å². The van der Waals surface area contributed by atoms with E-state index in [4.69, 9.17) is 28.3 Å². The Kier molecular flexibility index (Phi) is 4.36. The molecule has 2 aromatic rings. The quantitative estimate of drug-likeness (QED) is 0.887. The van der Waals surface area contributed by atoms with Crippen LogP contribution in [0.5, 0.6) is 0 Å². The van der Waals surface area contributed by atoms with Crippen molar-refractivity contribution >= 4 is 45.0 Å². The van der Waals surface area contributed by atoms with Crippen molar-refractivity contribution in [1.29, 1.82) is 0 Å². The number of benzene rings is 1. The van der Waals surface area contributed by atoms with Crippen LogP contribution < -0.4 is 4.72 Å². The molecule has 0 unspecified atom stereocenters. The van der Waals surface area contributed by atoms with Crippen molar-refractivity contribution < 1.29 is 18.3 Å². The van der Waals surface area contributed by atoms with Gasteiger partial charge >= 0.3 is 5.97 Å². The molecular weight excluding hydrogens is 339 g/mol. The van der Waals surface area contributed by atoms with Crippen LogP contribution in [0.3, 0.4) is 0 Å². The van der Waals surface area contributed by atoms with Crippen LogP contribution in [0.15, 0.2) is 41.4 Å². The minimum atomic E-state index is -3.98. The highest BCUT2D eigenvalue weighted by Gasteiger charge is 2.19. The third kappa shape index (κ3) is 3.44. The molecule has 0 aliphatic rings. The van der Waals surface area contributed by atoms with Crippen LogP contribution in [0.4, 0.5) is 5.82 Å². The zero-order valence-electron chi connectivity index (χ0n) is 10.2. The van der Waals surface area contributed by atoms with E-state index < -0.39 is 16.0 Å². The van der Waals surface area contributed by atoms with Crippen LogP contribution in [0.1, 0.15) is 10.4 Å². The lowest BCUT2D eigenvalue weighted by atomic mass is 10.2. The minimum absolute atomic E-state index is 0.0300. The second kappa shape index (κ2) is 5.88. The van der Waals surface area contributed by atoms with Gasteiger partial charge in [-0.25, -0.2) is 18.2 Å². The number of pyridine rings is 1. The molecule has 1 aromatic heterocycles. The Bertz CT molecular complexity index is 809. The Labute approximate surface area is 130 Å². The first-order valence-electron chi connectivity index (χ1n) is 5.47. The number of hydrogen-bond acceptors (Lipinski definition) is 4. The number of sulfonamides is 1. The van der Waals surface area contributed by atoms with Gasteiger partial charge in [-0.05, 0) is 30.3 Å². The second-order valence-corrected chi connectivity index (χ2v) is 6.38. The number of aromatic nitrogens is 1. The van der Waals surface area contributed by atoms with Gasteiger partial charge in [0, 0.05) is 6.20 Å². The number of halogens is 2. The first-order chi connectivity index (χ1) is 9.81. The second-order valence-electron chi connectivity index (χ2n) is 3.89. The van der Waals surface area contributed by atoms with Crippen LogP contribution in [-0.4, -0.2) is 24.5 Å². The maximum Gasteiger partial charge on any atom is 0.337 e. The average Bonchev–Trinajstić information content (AvgIpc) is 2.40. The van der Waals surface area contributed by atoms with Crippen molar-refractivity contribution in [3.8, 4) is 0 Å². The Morgan fingerprint density at radius 2 is 1.90 bits per heavy atom. The fraction of sp³-hybridized carbons (Fsp3) is 0. The maximum atomic E-state index is 12.2. The van der Waals surface area contributed by atoms with E-state index in [-0.39, 0.29) is 26.3 Å². The molecule has 1 heterocycles. The number of nitrogens with zero attached hydrogens (tertiary/aromatic N) is 1. The van der Waals surface area contributed by atoms with Gasteiger partial charge in [0.25, 0.3) is 10.0 Å². The molecule has 21 heavy (non-hydrogen) atoms. The minimum Gasteiger partial charge on any atom is -0.478 e. The molecule has 0 bridgehead atoms. The summed E-state index contributed by atoms with van der Waals surface area (Å²) in [5.41, 5.74) is -0.188. The topological polar surface area (TPSA) is 96.4 Å². The predicted octanol–water partition coefficient (Wildman–Crippen LogP) is 2.89. The molecule has 1 aromatic carbocycles. The molecular formula is C12H8Cl2N2O4S. The van der Waals surface area contributed by atoms with Gasteiger partial charge in [0.1, 0.15) is 0 Å². The summed E-state index contributed by atoms with van der Waals surface area (Å²) in [5, 5.41) is 8.80. The SMILES string of the molecule is O=C(O)c1ccc(S(=O)(=O)Nc2ncccc2Cl)cc1Cl. The molecule has 0 fully saturated rings. The Morgan fingerprint density at radius 1 is 1.19 bits per heavy atom. The normalized spacial score (nSPS) is 11.1. The van der Waals surface area contributed by atoms with Gasteiger partial charge in [-0.1, -0.05) is 23.2 Å². The number of hydrogen-bond donors (Lipinski definition) is 2. The van der Waals surface area contributed by atoms with E-state index in [0.717, 1.165) is 18.2 Å². The predicted molar refractivity (Wildman–Crippen MR) is 78.5 cm³/mol. The third-order valence-corrected chi connectivity index (χ3v) is 4.43. The molecule has 0 aliphatic heterocycles. The monoisotopic (exact) mass is 346 g/mol. The van der Waals surface area contributed by atoms with E-state index in [1.807, 2.05) is 0 Å². The summed E-state index contributed by atoms with van der Waals surface area (Å²) in [7, 11) is -3.98. The molecule has 0 saturated heterocycles. The fourth-order valence-corrected chi connectivity index (χ4v) is 3.09. The zero-order chi connectivity index (χ0) is 15.6. The number of aromatic carboxylic acids is 1. The molecule has 0 atom stereocenters.